The van der Waals surface area contributed by atoms with Crippen LogP contribution in [0.4, 0.5) is 5.95 Å². The van der Waals surface area contributed by atoms with Crippen molar-refractivity contribution in [3.05, 3.63) is 41.6 Å². The van der Waals surface area contributed by atoms with Gasteiger partial charge in [0.2, 0.25) is 5.95 Å². The Morgan fingerprint density at radius 3 is 2.72 bits per heavy atom. The number of piperidine rings is 1. The average molecular weight is 396 g/mol. The summed E-state index contributed by atoms with van der Waals surface area (Å²) >= 11 is 0. The Hall–Kier alpha value is -2.74. The van der Waals surface area contributed by atoms with E-state index in [4.69, 9.17) is 9.51 Å². The summed E-state index contributed by atoms with van der Waals surface area (Å²) in [5.41, 5.74) is 5.13. The minimum atomic E-state index is 0.331. The number of hydrogen-bond acceptors (Lipinski definition) is 7. The van der Waals surface area contributed by atoms with Crippen LogP contribution < -0.4 is 4.90 Å². The Morgan fingerprint density at radius 2 is 2.07 bits per heavy atom. The maximum Gasteiger partial charge on any atom is 0.225 e. The van der Waals surface area contributed by atoms with Crippen molar-refractivity contribution in [3.63, 3.8) is 0 Å². The van der Waals surface area contributed by atoms with Gasteiger partial charge in [-0.1, -0.05) is 5.16 Å². The maximum atomic E-state index is 5.44. The third kappa shape index (κ3) is 4.03. The lowest BCUT2D eigenvalue weighted by Crippen LogP contribution is -2.34. The fourth-order valence-corrected chi connectivity index (χ4v) is 4.17. The first kappa shape index (κ1) is 19.6. The number of anilines is 1. The number of nitrogens with zero attached hydrogens (tertiary/aromatic N) is 7. The summed E-state index contributed by atoms with van der Waals surface area (Å²) in [4.78, 5) is 18.5. The minimum absolute atomic E-state index is 0.331. The molecule has 154 valence electrons. The van der Waals surface area contributed by atoms with E-state index in [2.05, 4.69) is 26.2 Å². The lowest BCUT2D eigenvalue weighted by molar-refractivity contribution is 0.197. The van der Waals surface area contributed by atoms with Crippen LogP contribution in [0.3, 0.4) is 0 Å². The first-order chi connectivity index (χ1) is 13.9. The molecule has 0 radical (unpaired) electrons. The normalized spacial score (nSPS) is 17.6. The van der Waals surface area contributed by atoms with Crippen LogP contribution in [0.25, 0.3) is 11.1 Å². The molecular weight excluding hydrogens is 366 g/mol. The number of likely N-dealkylation sites (tertiary alicyclic amines) is 1. The fourth-order valence-electron chi connectivity index (χ4n) is 4.17. The lowest BCUT2D eigenvalue weighted by atomic mass is 9.89. The fraction of sp³-hybridized carbons (Fsp3) is 0.524. The largest absolute Gasteiger partial charge is 0.361 e. The minimum Gasteiger partial charge on any atom is -0.361 e. The SMILES string of the molecule is Cc1noc(C)c1-c1cnc(N(C)C)nc1[C@H]1CCCN(Cc2cn(C)cn2)C1. The molecule has 0 amide bonds. The second kappa shape index (κ2) is 7.94. The summed E-state index contributed by atoms with van der Waals surface area (Å²) in [5.74, 6) is 1.88. The van der Waals surface area contributed by atoms with Crippen LogP contribution in [0.15, 0.2) is 23.2 Å². The van der Waals surface area contributed by atoms with Crippen molar-refractivity contribution in [2.45, 2.75) is 39.2 Å². The van der Waals surface area contributed by atoms with Crippen molar-refractivity contribution in [1.29, 1.82) is 0 Å². The number of hydrogen-bond donors (Lipinski definition) is 0. The highest BCUT2D eigenvalue weighted by Crippen LogP contribution is 2.36. The third-order valence-electron chi connectivity index (χ3n) is 5.54. The predicted octanol–water partition coefficient (Wildman–Crippen LogP) is 2.93. The molecule has 0 spiro atoms. The van der Waals surface area contributed by atoms with E-state index in [1.807, 2.05) is 57.0 Å². The maximum absolute atomic E-state index is 5.44. The van der Waals surface area contributed by atoms with Crippen LogP contribution >= 0.6 is 0 Å². The molecule has 0 aliphatic carbocycles. The van der Waals surface area contributed by atoms with Gasteiger partial charge in [-0.25, -0.2) is 15.0 Å². The highest BCUT2D eigenvalue weighted by molar-refractivity contribution is 5.70. The Labute approximate surface area is 171 Å². The number of aryl methyl sites for hydroxylation is 3. The standard InChI is InChI=1S/C21H29N7O/c1-14-19(15(2)29-25-14)18-9-22-21(26(3)4)24-20(18)16-7-6-8-28(10-16)12-17-11-27(5)13-23-17/h9,11,13,16H,6-8,10,12H2,1-5H3/t16-/m0/s1. The molecule has 4 rings (SSSR count). The summed E-state index contributed by atoms with van der Waals surface area (Å²) in [6, 6.07) is 0. The second-order valence-electron chi connectivity index (χ2n) is 8.17. The van der Waals surface area contributed by atoms with Gasteiger partial charge in [-0.15, -0.1) is 0 Å². The molecule has 0 N–H and O–H groups in total. The van der Waals surface area contributed by atoms with E-state index in [0.717, 1.165) is 72.4 Å². The Bertz CT molecular complexity index is 971. The van der Waals surface area contributed by atoms with E-state index < -0.39 is 0 Å². The van der Waals surface area contributed by atoms with Crippen molar-refractivity contribution >= 4 is 5.95 Å². The van der Waals surface area contributed by atoms with Gasteiger partial charge in [0, 0.05) is 58.1 Å². The van der Waals surface area contributed by atoms with Crippen LogP contribution in [-0.2, 0) is 13.6 Å². The third-order valence-corrected chi connectivity index (χ3v) is 5.54. The van der Waals surface area contributed by atoms with Gasteiger partial charge in [0.05, 0.1) is 29.0 Å². The van der Waals surface area contributed by atoms with Gasteiger partial charge < -0.3 is 14.0 Å². The van der Waals surface area contributed by atoms with Crippen LogP contribution in [0.1, 0.15) is 41.6 Å². The van der Waals surface area contributed by atoms with E-state index >= 15 is 0 Å². The number of imidazole rings is 1. The van der Waals surface area contributed by atoms with Crippen molar-refractivity contribution in [3.8, 4) is 11.1 Å². The molecule has 1 aliphatic rings. The Kier molecular flexibility index (Phi) is 5.36. The summed E-state index contributed by atoms with van der Waals surface area (Å²) in [5, 5.41) is 4.15. The van der Waals surface area contributed by atoms with Gasteiger partial charge in [0.25, 0.3) is 0 Å². The van der Waals surface area contributed by atoms with Crippen LogP contribution in [0, 0.1) is 13.8 Å². The first-order valence-electron chi connectivity index (χ1n) is 10.1. The lowest BCUT2D eigenvalue weighted by Gasteiger charge is -2.33. The van der Waals surface area contributed by atoms with E-state index in [-0.39, 0.29) is 0 Å². The zero-order chi connectivity index (χ0) is 20.5. The van der Waals surface area contributed by atoms with E-state index in [1.54, 1.807) is 0 Å². The Morgan fingerprint density at radius 1 is 1.24 bits per heavy atom. The smallest absolute Gasteiger partial charge is 0.225 e. The van der Waals surface area contributed by atoms with Crippen molar-refractivity contribution in [2.75, 3.05) is 32.1 Å². The molecular formula is C21H29N7O. The molecule has 29 heavy (non-hydrogen) atoms. The van der Waals surface area contributed by atoms with Crippen LogP contribution in [0.2, 0.25) is 0 Å². The molecule has 0 bridgehead atoms. The highest BCUT2D eigenvalue weighted by Gasteiger charge is 2.28. The second-order valence-corrected chi connectivity index (χ2v) is 8.17. The molecule has 0 aromatic carbocycles. The quantitative estimate of drug-likeness (QED) is 0.657. The highest BCUT2D eigenvalue weighted by atomic mass is 16.5. The number of rotatable bonds is 5. The van der Waals surface area contributed by atoms with Gasteiger partial charge in [-0.2, -0.15) is 0 Å². The molecule has 8 nitrogen and oxygen atoms in total. The number of aromatic nitrogens is 5. The van der Waals surface area contributed by atoms with E-state index in [1.165, 1.54) is 0 Å². The molecule has 3 aromatic heterocycles. The predicted molar refractivity (Wildman–Crippen MR) is 112 cm³/mol. The van der Waals surface area contributed by atoms with Crippen LogP contribution in [0.5, 0.6) is 0 Å². The van der Waals surface area contributed by atoms with Crippen molar-refractivity contribution in [2.24, 2.45) is 7.05 Å². The topological polar surface area (TPSA) is 76.1 Å². The average Bonchev–Trinajstić information content (AvgIpc) is 3.26. The van der Waals surface area contributed by atoms with Gasteiger partial charge in [-0.3, -0.25) is 4.90 Å². The van der Waals surface area contributed by atoms with Gasteiger partial charge in [0.15, 0.2) is 0 Å². The molecule has 1 atom stereocenters. The molecule has 4 heterocycles. The van der Waals surface area contributed by atoms with Gasteiger partial charge in [-0.05, 0) is 33.2 Å². The van der Waals surface area contributed by atoms with Gasteiger partial charge in [0.1, 0.15) is 5.76 Å². The molecule has 8 heteroatoms. The molecule has 3 aromatic rings. The molecule has 1 aliphatic heterocycles. The van der Waals surface area contributed by atoms with Crippen molar-refractivity contribution in [1.82, 2.24) is 29.6 Å². The van der Waals surface area contributed by atoms with Gasteiger partial charge >= 0.3 is 0 Å². The molecule has 0 saturated carbocycles. The molecule has 0 unspecified atom stereocenters. The summed E-state index contributed by atoms with van der Waals surface area (Å²) in [7, 11) is 5.96. The van der Waals surface area contributed by atoms with Crippen LogP contribution in [-0.4, -0.2) is 56.8 Å². The zero-order valence-electron chi connectivity index (χ0n) is 17.9. The van der Waals surface area contributed by atoms with E-state index in [0.29, 0.717) is 5.92 Å². The first-order valence-corrected chi connectivity index (χ1v) is 10.1. The summed E-state index contributed by atoms with van der Waals surface area (Å²) in [6.45, 7) is 6.83. The van der Waals surface area contributed by atoms with Crippen molar-refractivity contribution < 1.29 is 4.52 Å². The summed E-state index contributed by atoms with van der Waals surface area (Å²) in [6.07, 6.45) is 8.13. The summed E-state index contributed by atoms with van der Waals surface area (Å²) < 4.78 is 7.44. The Balaban J connectivity index is 1.67. The zero-order valence-corrected chi connectivity index (χ0v) is 17.9. The molecule has 1 fully saturated rings. The van der Waals surface area contributed by atoms with E-state index in [9.17, 15) is 0 Å². The monoisotopic (exact) mass is 395 g/mol. The molecule has 1 saturated heterocycles.